The molecule has 0 bridgehead atoms. The molecule has 0 unspecified atom stereocenters. The standard InChI is InChI=1S/C15H23BN2O5/c1-14(2)15(3,4)23-16(22-14)10-8-9(13(19)21-7)11(17-5)18-12(10)20-6/h8H,1-7H3,(H,17,18). The molecule has 23 heavy (non-hydrogen) atoms. The van der Waals surface area contributed by atoms with Crippen LogP contribution in [-0.4, -0.2) is 50.5 Å². The fraction of sp³-hybridized carbons (Fsp3) is 0.600. The van der Waals surface area contributed by atoms with Crippen molar-refractivity contribution in [3.05, 3.63) is 11.6 Å². The second kappa shape index (κ2) is 6.01. The quantitative estimate of drug-likeness (QED) is 0.659. The average Bonchev–Trinajstić information content (AvgIpc) is 2.73. The van der Waals surface area contributed by atoms with Gasteiger partial charge in [-0.1, -0.05) is 0 Å². The molecule has 1 aliphatic rings. The van der Waals surface area contributed by atoms with E-state index in [4.69, 9.17) is 18.8 Å². The molecule has 1 fully saturated rings. The van der Waals surface area contributed by atoms with Gasteiger partial charge in [-0.05, 0) is 33.8 Å². The van der Waals surface area contributed by atoms with Gasteiger partial charge in [0, 0.05) is 12.5 Å². The van der Waals surface area contributed by atoms with Gasteiger partial charge in [0.05, 0.1) is 25.4 Å². The van der Waals surface area contributed by atoms with E-state index in [-0.39, 0.29) is 0 Å². The Labute approximate surface area is 136 Å². The molecule has 126 valence electrons. The molecule has 2 rings (SSSR count). The van der Waals surface area contributed by atoms with Crippen LogP contribution in [0.15, 0.2) is 6.07 Å². The van der Waals surface area contributed by atoms with Gasteiger partial charge >= 0.3 is 13.1 Å². The summed E-state index contributed by atoms with van der Waals surface area (Å²) in [7, 11) is 3.81. The Morgan fingerprint density at radius 3 is 2.22 bits per heavy atom. The number of anilines is 1. The van der Waals surface area contributed by atoms with Gasteiger partial charge in [-0.15, -0.1) is 0 Å². The third-order valence-corrected chi connectivity index (χ3v) is 4.36. The molecule has 1 aliphatic heterocycles. The van der Waals surface area contributed by atoms with E-state index in [1.54, 1.807) is 13.1 Å². The molecule has 7 nitrogen and oxygen atoms in total. The normalized spacial score (nSPS) is 18.7. The van der Waals surface area contributed by atoms with Crippen molar-refractivity contribution in [2.45, 2.75) is 38.9 Å². The first-order valence-corrected chi connectivity index (χ1v) is 7.37. The van der Waals surface area contributed by atoms with E-state index in [1.807, 2.05) is 27.7 Å². The van der Waals surface area contributed by atoms with Crippen molar-refractivity contribution in [1.29, 1.82) is 0 Å². The lowest BCUT2D eigenvalue weighted by molar-refractivity contribution is 0.00578. The van der Waals surface area contributed by atoms with Crippen LogP contribution in [0.4, 0.5) is 5.82 Å². The molecule has 0 amide bonds. The zero-order valence-electron chi connectivity index (χ0n) is 14.6. The van der Waals surface area contributed by atoms with Gasteiger partial charge in [0.1, 0.15) is 11.4 Å². The predicted molar refractivity (Wildman–Crippen MR) is 87.4 cm³/mol. The van der Waals surface area contributed by atoms with Crippen molar-refractivity contribution in [1.82, 2.24) is 4.98 Å². The number of pyridine rings is 1. The first kappa shape index (κ1) is 17.6. The van der Waals surface area contributed by atoms with Gasteiger partial charge < -0.3 is 24.1 Å². The molecule has 1 aromatic rings. The van der Waals surface area contributed by atoms with Crippen LogP contribution in [-0.2, 0) is 14.0 Å². The van der Waals surface area contributed by atoms with Gasteiger partial charge in [-0.2, -0.15) is 4.98 Å². The lowest BCUT2D eigenvalue weighted by atomic mass is 9.79. The average molecular weight is 322 g/mol. The molecule has 1 N–H and O–H groups in total. The molecule has 0 aromatic carbocycles. The molecule has 0 radical (unpaired) electrons. The van der Waals surface area contributed by atoms with Crippen molar-refractivity contribution in [2.75, 3.05) is 26.6 Å². The fourth-order valence-electron chi connectivity index (χ4n) is 2.27. The van der Waals surface area contributed by atoms with Gasteiger partial charge in [0.15, 0.2) is 0 Å². The molecular formula is C15H23BN2O5. The number of carbonyl (C=O) groups excluding carboxylic acids is 1. The van der Waals surface area contributed by atoms with Crippen molar-refractivity contribution in [3.8, 4) is 5.88 Å². The Balaban J connectivity index is 2.52. The number of hydrogen-bond donors (Lipinski definition) is 1. The topological polar surface area (TPSA) is 78.9 Å². The van der Waals surface area contributed by atoms with E-state index in [1.165, 1.54) is 14.2 Å². The highest BCUT2D eigenvalue weighted by molar-refractivity contribution is 6.63. The summed E-state index contributed by atoms with van der Waals surface area (Å²) < 4.78 is 22.2. The highest BCUT2D eigenvalue weighted by atomic mass is 16.7. The summed E-state index contributed by atoms with van der Waals surface area (Å²) in [4.78, 5) is 16.3. The second-order valence-electron chi connectivity index (χ2n) is 6.31. The third-order valence-electron chi connectivity index (χ3n) is 4.36. The van der Waals surface area contributed by atoms with Crippen LogP contribution in [0.5, 0.6) is 5.88 Å². The Morgan fingerprint density at radius 1 is 1.22 bits per heavy atom. The maximum absolute atomic E-state index is 12.0. The minimum Gasteiger partial charge on any atom is -0.481 e. The van der Waals surface area contributed by atoms with Crippen molar-refractivity contribution in [2.24, 2.45) is 0 Å². The molecular weight excluding hydrogens is 299 g/mol. The van der Waals surface area contributed by atoms with Crippen molar-refractivity contribution < 1.29 is 23.6 Å². The van der Waals surface area contributed by atoms with Crippen LogP contribution in [0.25, 0.3) is 0 Å². The van der Waals surface area contributed by atoms with Crippen LogP contribution in [0, 0.1) is 0 Å². The number of nitrogens with zero attached hydrogens (tertiary/aromatic N) is 1. The number of methoxy groups -OCH3 is 2. The number of aromatic nitrogens is 1. The van der Waals surface area contributed by atoms with E-state index in [2.05, 4.69) is 10.3 Å². The number of hydrogen-bond acceptors (Lipinski definition) is 7. The molecule has 0 saturated carbocycles. The van der Waals surface area contributed by atoms with Crippen LogP contribution in [0.2, 0.25) is 0 Å². The first-order valence-electron chi connectivity index (χ1n) is 7.37. The van der Waals surface area contributed by atoms with Crippen LogP contribution >= 0.6 is 0 Å². The summed E-state index contributed by atoms with van der Waals surface area (Å²) in [5, 5.41) is 2.86. The zero-order valence-corrected chi connectivity index (χ0v) is 14.6. The Bertz CT molecular complexity index is 602. The van der Waals surface area contributed by atoms with Crippen LogP contribution in [0.1, 0.15) is 38.1 Å². The van der Waals surface area contributed by atoms with E-state index < -0.39 is 24.3 Å². The first-order chi connectivity index (χ1) is 10.7. The highest BCUT2D eigenvalue weighted by Crippen LogP contribution is 2.37. The maximum Gasteiger partial charge on any atom is 0.500 e. The Morgan fingerprint density at radius 2 is 1.78 bits per heavy atom. The highest BCUT2D eigenvalue weighted by Gasteiger charge is 2.53. The molecule has 0 spiro atoms. The number of nitrogens with one attached hydrogen (secondary N) is 1. The van der Waals surface area contributed by atoms with Gasteiger partial charge in [-0.3, -0.25) is 0 Å². The SMILES string of the molecule is CNc1nc(OC)c(B2OC(C)(C)C(C)(C)O2)cc1C(=O)OC. The zero-order chi connectivity index (χ0) is 17.4. The number of ether oxygens (including phenoxy) is 2. The largest absolute Gasteiger partial charge is 0.500 e. The van der Waals surface area contributed by atoms with Crippen LogP contribution in [0.3, 0.4) is 0 Å². The molecule has 2 heterocycles. The van der Waals surface area contributed by atoms with E-state index in [0.717, 1.165) is 0 Å². The van der Waals surface area contributed by atoms with E-state index in [0.29, 0.717) is 22.7 Å². The number of esters is 1. The molecule has 0 aliphatic carbocycles. The Kier molecular flexibility index (Phi) is 4.59. The van der Waals surface area contributed by atoms with Gasteiger partial charge in [-0.25, -0.2) is 4.79 Å². The summed E-state index contributed by atoms with van der Waals surface area (Å²) in [5.41, 5.74) is -0.169. The van der Waals surface area contributed by atoms with E-state index in [9.17, 15) is 4.79 Å². The minimum atomic E-state index is -0.684. The van der Waals surface area contributed by atoms with Gasteiger partial charge in [0.2, 0.25) is 5.88 Å². The summed E-state index contributed by atoms with van der Waals surface area (Å²) in [6.07, 6.45) is 0. The summed E-state index contributed by atoms with van der Waals surface area (Å²) in [6.45, 7) is 7.82. The predicted octanol–water partition coefficient (Wildman–Crippen LogP) is 1.22. The monoisotopic (exact) mass is 322 g/mol. The maximum atomic E-state index is 12.0. The second-order valence-corrected chi connectivity index (χ2v) is 6.31. The Hall–Kier alpha value is -1.80. The third kappa shape index (κ3) is 3.01. The fourth-order valence-corrected chi connectivity index (χ4v) is 2.27. The number of carbonyl (C=O) groups is 1. The molecule has 1 aromatic heterocycles. The lowest BCUT2D eigenvalue weighted by Gasteiger charge is -2.32. The minimum absolute atomic E-state index is 0.292. The summed E-state index contributed by atoms with van der Waals surface area (Å²) in [5.74, 6) is 0.205. The molecule has 0 atom stereocenters. The van der Waals surface area contributed by atoms with Gasteiger partial charge in [0.25, 0.3) is 0 Å². The summed E-state index contributed by atoms with van der Waals surface area (Å²) >= 11 is 0. The molecule has 8 heteroatoms. The van der Waals surface area contributed by atoms with E-state index >= 15 is 0 Å². The summed E-state index contributed by atoms with van der Waals surface area (Å²) in [6, 6.07) is 1.63. The smallest absolute Gasteiger partial charge is 0.481 e. The van der Waals surface area contributed by atoms with Crippen molar-refractivity contribution in [3.63, 3.8) is 0 Å². The van der Waals surface area contributed by atoms with Crippen molar-refractivity contribution >= 4 is 24.4 Å². The molecule has 1 saturated heterocycles. The number of rotatable bonds is 4. The van der Waals surface area contributed by atoms with Crippen LogP contribution < -0.4 is 15.5 Å². The lowest BCUT2D eigenvalue weighted by Crippen LogP contribution is -2.41.